The van der Waals surface area contributed by atoms with Crippen molar-refractivity contribution < 1.29 is 4.79 Å². The molecule has 0 spiro atoms. The predicted octanol–water partition coefficient (Wildman–Crippen LogP) is 2.19. The van der Waals surface area contributed by atoms with E-state index in [4.69, 9.17) is 0 Å². The molecule has 1 aromatic carbocycles. The van der Waals surface area contributed by atoms with E-state index in [1.807, 2.05) is 0 Å². The van der Waals surface area contributed by atoms with Crippen molar-refractivity contribution in [3.63, 3.8) is 0 Å². The topological polar surface area (TPSA) is 38.8 Å². The summed E-state index contributed by atoms with van der Waals surface area (Å²) < 4.78 is 0. The highest BCUT2D eigenvalue weighted by atomic mass is 16.2. The zero-order valence-electron chi connectivity index (χ0n) is 16.2. The number of nitrogens with one attached hydrogen (secondary N) is 1. The summed E-state index contributed by atoms with van der Waals surface area (Å²) in [5.41, 5.74) is 1.31. The molecule has 5 heteroatoms. The van der Waals surface area contributed by atoms with Gasteiger partial charge in [0.1, 0.15) is 0 Å². The van der Waals surface area contributed by atoms with Crippen LogP contribution in [0.25, 0.3) is 0 Å². The van der Waals surface area contributed by atoms with E-state index >= 15 is 0 Å². The maximum absolute atomic E-state index is 12.8. The van der Waals surface area contributed by atoms with Crippen LogP contribution in [0.5, 0.6) is 0 Å². The van der Waals surface area contributed by atoms with E-state index in [0.29, 0.717) is 18.4 Å². The van der Waals surface area contributed by atoms with E-state index in [9.17, 15) is 4.79 Å². The van der Waals surface area contributed by atoms with Crippen LogP contribution >= 0.6 is 0 Å². The van der Waals surface area contributed by atoms with Crippen molar-refractivity contribution in [2.75, 3.05) is 57.3 Å². The van der Waals surface area contributed by atoms with Crippen LogP contribution in [-0.4, -0.2) is 74.1 Å². The molecule has 5 nitrogen and oxygen atoms in total. The number of anilines is 1. The standard InChI is InChI=1S/C21H34N4O/c1-2-13-25(20-8-11-22-12-9-20)21(26)10-14-23-15-17-24(18-16-23)19-6-4-3-5-7-19/h3-7,20,22H,2,8-18H2,1H3. The number of carbonyl (C=O) groups excluding carboxylic acids is 1. The van der Waals surface area contributed by atoms with Gasteiger partial charge in [-0.15, -0.1) is 0 Å². The Morgan fingerprint density at radius 1 is 1.12 bits per heavy atom. The van der Waals surface area contributed by atoms with E-state index in [1.54, 1.807) is 0 Å². The van der Waals surface area contributed by atoms with Gasteiger partial charge in [0.15, 0.2) is 0 Å². The van der Waals surface area contributed by atoms with Crippen molar-refractivity contribution in [2.45, 2.75) is 38.6 Å². The molecule has 0 aliphatic carbocycles. The third-order valence-corrected chi connectivity index (χ3v) is 5.67. The molecular weight excluding hydrogens is 324 g/mol. The smallest absolute Gasteiger partial charge is 0.224 e. The zero-order chi connectivity index (χ0) is 18.2. The van der Waals surface area contributed by atoms with Gasteiger partial charge < -0.3 is 15.1 Å². The number of piperazine rings is 1. The van der Waals surface area contributed by atoms with Gasteiger partial charge in [-0.1, -0.05) is 25.1 Å². The van der Waals surface area contributed by atoms with Gasteiger partial charge in [-0.2, -0.15) is 0 Å². The maximum Gasteiger partial charge on any atom is 0.224 e. The number of para-hydroxylation sites is 1. The van der Waals surface area contributed by atoms with Gasteiger partial charge in [-0.05, 0) is 44.5 Å². The zero-order valence-corrected chi connectivity index (χ0v) is 16.2. The lowest BCUT2D eigenvalue weighted by molar-refractivity contribution is -0.134. The van der Waals surface area contributed by atoms with Gasteiger partial charge in [0, 0.05) is 57.4 Å². The fraction of sp³-hybridized carbons (Fsp3) is 0.667. The molecule has 144 valence electrons. The normalized spacial score (nSPS) is 19.5. The molecular formula is C21H34N4O. The van der Waals surface area contributed by atoms with Crippen molar-refractivity contribution in [3.05, 3.63) is 30.3 Å². The molecule has 0 saturated carbocycles. The van der Waals surface area contributed by atoms with Crippen LogP contribution in [0.2, 0.25) is 0 Å². The molecule has 26 heavy (non-hydrogen) atoms. The fourth-order valence-corrected chi connectivity index (χ4v) is 4.14. The first-order valence-corrected chi connectivity index (χ1v) is 10.3. The number of hydrogen-bond acceptors (Lipinski definition) is 4. The Hall–Kier alpha value is -1.59. The van der Waals surface area contributed by atoms with Crippen molar-refractivity contribution in [1.82, 2.24) is 15.1 Å². The number of carbonyl (C=O) groups is 1. The first-order valence-electron chi connectivity index (χ1n) is 10.3. The lowest BCUT2D eigenvalue weighted by Crippen LogP contribution is -2.49. The molecule has 2 heterocycles. The van der Waals surface area contributed by atoms with Crippen molar-refractivity contribution in [1.29, 1.82) is 0 Å². The number of hydrogen-bond donors (Lipinski definition) is 1. The molecule has 3 rings (SSSR count). The Bertz CT molecular complexity index is 536. The molecule has 2 aliphatic heterocycles. The Morgan fingerprint density at radius 3 is 2.46 bits per heavy atom. The van der Waals surface area contributed by atoms with Gasteiger partial charge in [-0.25, -0.2) is 0 Å². The minimum atomic E-state index is 0.351. The van der Waals surface area contributed by atoms with Crippen molar-refractivity contribution in [3.8, 4) is 0 Å². The third-order valence-electron chi connectivity index (χ3n) is 5.67. The number of benzene rings is 1. The van der Waals surface area contributed by atoms with Gasteiger partial charge in [0.2, 0.25) is 5.91 Å². The Balaban J connectivity index is 1.44. The summed E-state index contributed by atoms with van der Waals surface area (Å²) in [4.78, 5) is 19.9. The second-order valence-corrected chi connectivity index (χ2v) is 7.48. The third kappa shape index (κ3) is 5.21. The van der Waals surface area contributed by atoms with Gasteiger partial charge in [-0.3, -0.25) is 9.69 Å². The first kappa shape index (κ1) is 19.2. The van der Waals surface area contributed by atoms with E-state index in [0.717, 1.165) is 71.6 Å². The lowest BCUT2D eigenvalue weighted by atomic mass is 10.0. The number of rotatable bonds is 7. The van der Waals surface area contributed by atoms with Crippen molar-refractivity contribution in [2.24, 2.45) is 0 Å². The molecule has 0 aromatic heterocycles. The minimum absolute atomic E-state index is 0.351. The van der Waals surface area contributed by atoms with Crippen LogP contribution in [0.4, 0.5) is 5.69 Å². The quantitative estimate of drug-likeness (QED) is 0.811. The molecule has 2 saturated heterocycles. The summed E-state index contributed by atoms with van der Waals surface area (Å²) in [5.74, 6) is 0.351. The molecule has 1 N–H and O–H groups in total. The van der Waals surface area contributed by atoms with Crippen LogP contribution in [0, 0.1) is 0 Å². The summed E-state index contributed by atoms with van der Waals surface area (Å²) in [7, 11) is 0. The highest BCUT2D eigenvalue weighted by molar-refractivity contribution is 5.76. The van der Waals surface area contributed by atoms with E-state index < -0.39 is 0 Å². The number of nitrogens with zero attached hydrogens (tertiary/aromatic N) is 3. The number of amides is 1. The predicted molar refractivity (Wildman–Crippen MR) is 108 cm³/mol. The van der Waals surface area contributed by atoms with Crippen molar-refractivity contribution >= 4 is 11.6 Å². The average molecular weight is 359 g/mol. The molecule has 2 aliphatic rings. The second-order valence-electron chi connectivity index (χ2n) is 7.48. The molecule has 0 unspecified atom stereocenters. The largest absolute Gasteiger partial charge is 0.369 e. The molecule has 0 atom stereocenters. The van der Waals surface area contributed by atoms with E-state index in [2.05, 4.69) is 57.3 Å². The highest BCUT2D eigenvalue weighted by Gasteiger charge is 2.25. The Kier molecular flexibility index (Phi) is 7.32. The molecule has 0 radical (unpaired) electrons. The van der Waals surface area contributed by atoms with Crippen LogP contribution in [0.15, 0.2) is 30.3 Å². The van der Waals surface area contributed by atoms with Crippen LogP contribution in [0.3, 0.4) is 0 Å². The minimum Gasteiger partial charge on any atom is -0.369 e. The Labute approximate surface area is 158 Å². The highest BCUT2D eigenvalue weighted by Crippen LogP contribution is 2.17. The summed E-state index contributed by atoms with van der Waals surface area (Å²) in [6.07, 6.45) is 3.91. The van der Waals surface area contributed by atoms with E-state index in [1.165, 1.54) is 5.69 Å². The van der Waals surface area contributed by atoms with Gasteiger partial charge in [0.05, 0.1) is 0 Å². The fourth-order valence-electron chi connectivity index (χ4n) is 4.14. The van der Waals surface area contributed by atoms with Crippen LogP contribution in [-0.2, 0) is 4.79 Å². The van der Waals surface area contributed by atoms with Crippen LogP contribution in [0.1, 0.15) is 32.6 Å². The second kappa shape index (κ2) is 9.93. The lowest BCUT2D eigenvalue weighted by Gasteiger charge is -2.37. The Morgan fingerprint density at radius 2 is 1.81 bits per heavy atom. The summed E-state index contributed by atoms with van der Waals surface area (Å²) in [6, 6.07) is 11.1. The monoisotopic (exact) mass is 358 g/mol. The molecule has 1 amide bonds. The summed E-state index contributed by atoms with van der Waals surface area (Å²) in [6.45, 7) is 10.2. The summed E-state index contributed by atoms with van der Waals surface area (Å²) in [5, 5.41) is 3.40. The SMILES string of the molecule is CCCN(C(=O)CCN1CCN(c2ccccc2)CC1)C1CCNCC1. The summed E-state index contributed by atoms with van der Waals surface area (Å²) >= 11 is 0. The van der Waals surface area contributed by atoms with Gasteiger partial charge >= 0.3 is 0 Å². The molecule has 1 aromatic rings. The first-order chi connectivity index (χ1) is 12.8. The average Bonchev–Trinajstić information content (AvgIpc) is 2.72. The number of piperidine rings is 1. The maximum atomic E-state index is 12.8. The van der Waals surface area contributed by atoms with Crippen LogP contribution < -0.4 is 10.2 Å². The molecule has 0 bridgehead atoms. The molecule has 2 fully saturated rings. The van der Waals surface area contributed by atoms with Gasteiger partial charge in [0.25, 0.3) is 0 Å². The van der Waals surface area contributed by atoms with E-state index in [-0.39, 0.29) is 0 Å².